The summed E-state index contributed by atoms with van der Waals surface area (Å²) in [4.78, 5) is 0. The molecule has 0 aromatic heterocycles. The van der Waals surface area contributed by atoms with Crippen LogP contribution in [0, 0.1) is 5.82 Å². The van der Waals surface area contributed by atoms with Gasteiger partial charge in [-0.25, -0.2) is 4.39 Å². The second-order valence-electron chi connectivity index (χ2n) is 2.53. The highest BCUT2D eigenvalue weighted by atomic mass is 35.5. The summed E-state index contributed by atoms with van der Waals surface area (Å²) in [6.07, 6.45) is 1.27. The van der Waals surface area contributed by atoms with Crippen molar-refractivity contribution in [3.05, 3.63) is 33.6 Å². The molecule has 0 saturated carbocycles. The van der Waals surface area contributed by atoms with Gasteiger partial charge in [0, 0.05) is 5.56 Å². The molecule has 0 unspecified atom stereocenters. The van der Waals surface area contributed by atoms with Crippen LogP contribution in [0.2, 0.25) is 10.0 Å². The monoisotopic (exact) mass is 248 g/mol. The van der Waals surface area contributed by atoms with Crippen molar-refractivity contribution < 1.29 is 4.39 Å². The van der Waals surface area contributed by atoms with Crippen LogP contribution >= 0.6 is 23.2 Å². The molecule has 7 heteroatoms. The first-order valence-corrected chi connectivity index (χ1v) is 4.53. The number of nitrogens with two attached hydrogens (primary N) is 2. The van der Waals surface area contributed by atoms with E-state index in [2.05, 4.69) is 10.2 Å². The minimum atomic E-state index is -0.597. The van der Waals surface area contributed by atoms with Crippen molar-refractivity contribution >= 4 is 35.4 Å². The lowest BCUT2D eigenvalue weighted by molar-refractivity contribution is 0.628. The van der Waals surface area contributed by atoms with Crippen LogP contribution in [0.25, 0.3) is 0 Å². The third-order valence-corrected chi connectivity index (χ3v) is 2.31. The van der Waals surface area contributed by atoms with Crippen molar-refractivity contribution in [3.8, 4) is 0 Å². The van der Waals surface area contributed by atoms with Gasteiger partial charge >= 0.3 is 0 Å². The summed E-state index contributed by atoms with van der Waals surface area (Å²) in [5.74, 6) is -0.781. The molecule has 0 heterocycles. The van der Waals surface area contributed by atoms with Gasteiger partial charge < -0.3 is 11.5 Å². The van der Waals surface area contributed by atoms with Crippen molar-refractivity contribution in [1.29, 1.82) is 0 Å². The standard InChI is InChI=1S/C8H7Cl2FN4/c9-6-4(3-14-15-8(12)13)1-2-5(11)7(6)10/h1-3H,(H4,12,13,15)/b14-3+. The van der Waals surface area contributed by atoms with Crippen LogP contribution in [-0.4, -0.2) is 12.2 Å². The summed E-state index contributed by atoms with van der Waals surface area (Å²) in [6, 6.07) is 2.58. The number of halogens is 3. The number of hydrogen-bond acceptors (Lipinski definition) is 2. The molecular formula is C8H7Cl2FN4. The van der Waals surface area contributed by atoms with Crippen LogP contribution in [-0.2, 0) is 0 Å². The highest BCUT2D eigenvalue weighted by Crippen LogP contribution is 2.27. The molecule has 0 bridgehead atoms. The SMILES string of the molecule is NC(N)=N/N=C/c1ccc(F)c(Cl)c1Cl. The van der Waals surface area contributed by atoms with Crippen molar-refractivity contribution in [3.63, 3.8) is 0 Å². The van der Waals surface area contributed by atoms with Gasteiger partial charge in [0.15, 0.2) is 0 Å². The van der Waals surface area contributed by atoms with E-state index < -0.39 is 5.82 Å². The van der Waals surface area contributed by atoms with Crippen LogP contribution in [0.4, 0.5) is 4.39 Å². The third-order valence-electron chi connectivity index (χ3n) is 1.44. The lowest BCUT2D eigenvalue weighted by atomic mass is 10.2. The van der Waals surface area contributed by atoms with Gasteiger partial charge in [-0.05, 0) is 12.1 Å². The van der Waals surface area contributed by atoms with Crippen molar-refractivity contribution in [1.82, 2.24) is 0 Å². The van der Waals surface area contributed by atoms with Gasteiger partial charge in [0.05, 0.1) is 16.3 Å². The summed E-state index contributed by atoms with van der Waals surface area (Å²) in [7, 11) is 0. The summed E-state index contributed by atoms with van der Waals surface area (Å²) in [5.41, 5.74) is 10.5. The van der Waals surface area contributed by atoms with E-state index in [1.807, 2.05) is 0 Å². The van der Waals surface area contributed by atoms with Crippen LogP contribution in [0.15, 0.2) is 22.3 Å². The normalized spacial score (nSPS) is 10.6. The summed E-state index contributed by atoms with van der Waals surface area (Å²) in [6.45, 7) is 0. The molecule has 0 aliphatic heterocycles. The van der Waals surface area contributed by atoms with Gasteiger partial charge in [0.1, 0.15) is 5.82 Å². The number of guanidine groups is 1. The Bertz CT molecular complexity index is 427. The molecule has 4 N–H and O–H groups in total. The second kappa shape index (κ2) is 4.95. The molecule has 0 radical (unpaired) electrons. The smallest absolute Gasteiger partial charge is 0.211 e. The number of benzene rings is 1. The Morgan fingerprint density at radius 2 is 1.93 bits per heavy atom. The third kappa shape index (κ3) is 3.07. The maximum atomic E-state index is 12.9. The first-order chi connectivity index (χ1) is 7.02. The van der Waals surface area contributed by atoms with Crippen LogP contribution in [0.5, 0.6) is 0 Å². The van der Waals surface area contributed by atoms with E-state index in [9.17, 15) is 4.39 Å². The fraction of sp³-hybridized carbons (Fsp3) is 0. The van der Waals surface area contributed by atoms with Crippen molar-refractivity contribution in [2.24, 2.45) is 21.7 Å². The van der Waals surface area contributed by atoms with Gasteiger partial charge in [-0.3, -0.25) is 0 Å². The molecule has 0 amide bonds. The quantitative estimate of drug-likeness (QED) is 0.362. The lowest BCUT2D eigenvalue weighted by Crippen LogP contribution is -2.21. The highest BCUT2D eigenvalue weighted by molar-refractivity contribution is 6.43. The predicted octanol–water partition coefficient (Wildman–Crippen LogP) is 1.74. The first-order valence-electron chi connectivity index (χ1n) is 3.78. The van der Waals surface area contributed by atoms with Crippen LogP contribution in [0.1, 0.15) is 5.56 Å². The molecular weight excluding hydrogens is 242 g/mol. The molecule has 1 aromatic carbocycles. The summed E-state index contributed by atoms with van der Waals surface area (Å²) in [5, 5.41) is 6.78. The Morgan fingerprint density at radius 3 is 2.53 bits per heavy atom. The molecule has 15 heavy (non-hydrogen) atoms. The molecule has 0 fully saturated rings. The number of hydrogen-bond donors (Lipinski definition) is 2. The maximum Gasteiger partial charge on any atom is 0.211 e. The molecule has 4 nitrogen and oxygen atoms in total. The minimum Gasteiger partial charge on any atom is -0.369 e. The molecule has 0 saturated heterocycles. The minimum absolute atomic E-state index is 0.0613. The van der Waals surface area contributed by atoms with Crippen LogP contribution < -0.4 is 11.5 Å². The van der Waals surface area contributed by atoms with Gasteiger partial charge in [-0.15, -0.1) is 5.10 Å². The molecule has 0 spiro atoms. The fourth-order valence-electron chi connectivity index (χ4n) is 0.798. The average Bonchev–Trinajstić information content (AvgIpc) is 2.18. The van der Waals surface area contributed by atoms with Gasteiger partial charge in [0.25, 0.3) is 0 Å². The largest absolute Gasteiger partial charge is 0.369 e. The molecule has 0 aliphatic carbocycles. The Labute approximate surface area is 95.4 Å². The van der Waals surface area contributed by atoms with E-state index in [0.29, 0.717) is 5.56 Å². The Morgan fingerprint density at radius 1 is 1.27 bits per heavy atom. The van der Waals surface area contributed by atoms with Gasteiger partial charge in [-0.1, -0.05) is 23.2 Å². The predicted molar refractivity (Wildman–Crippen MR) is 59.8 cm³/mol. The maximum absolute atomic E-state index is 12.9. The average molecular weight is 249 g/mol. The van der Waals surface area contributed by atoms with E-state index in [1.54, 1.807) is 0 Å². The van der Waals surface area contributed by atoms with E-state index in [-0.39, 0.29) is 16.0 Å². The zero-order valence-corrected chi connectivity index (χ0v) is 8.93. The van der Waals surface area contributed by atoms with Crippen molar-refractivity contribution in [2.75, 3.05) is 0 Å². The molecule has 1 aromatic rings. The first kappa shape index (κ1) is 11.7. The number of rotatable bonds is 2. The summed E-state index contributed by atoms with van der Waals surface area (Å²) >= 11 is 11.3. The molecule has 0 atom stereocenters. The topological polar surface area (TPSA) is 76.8 Å². The van der Waals surface area contributed by atoms with E-state index >= 15 is 0 Å². The van der Waals surface area contributed by atoms with E-state index in [4.69, 9.17) is 34.7 Å². The summed E-state index contributed by atoms with van der Waals surface area (Å²) < 4.78 is 12.9. The van der Waals surface area contributed by atoms with Crippen LogP contribution in [0.3, 0.4) is 0 Å². The Kier molecular flexibility index (Phi) is 3.88. The fourth-order valence-corrected chi connectivity index (χ4v) is 1.17. The zero-order valence-electron chi connectivity index (χ0n) is 7.42. The van der Waals surface area contributed by atoms with E-state index in [1.165, 1.54) is 18.3 Å². The molecule has 0 aliphatic rings. The van der Waals surface area contributed by atoms with Crippen molar-refractivity contribution in [2.45, 2.75) is 0 Å². The Balaban J connectivity index is 3.02. The Hall–Kier alpha value is -1.33. The van der Waals surface area contributed by atoms with Gasteiger partial charge in [-0.2, -0.15) is 5.10 Å². The molecule has 1 rings (SSSR count). The zero-order chi connectivity index (χ0) is 11.4. The number of nitrogens with zero attached hydrogens (tertiary/aromatic N) is 2. The molecule has 80 valence electrons. The lowest BCUT2D eigenvalue weighted by Gasteiger charge is -2.00. The van der Waals surface area contributed by atoms with E-state index in [0.717, 1.165) is 0 Å². The van der Waals surface area contributed by atoms with Gasteiger partial charge in [0.2, 0.25) is 5.96 Å². The second-order valence-corrected chi connectivity index (χ2v) is 3.29. The highest BCUT2D eigenvalue weighted by Gasteiger charge is 2.07.